The second-order valence-electron chi connectivity index (χ2n) is 17.3. The molecular weight excluding hydrogens is 809 g/mol. The van der Waals surface area contributed by atoms with Gasteiger partial charge in [0.2, 0.25) is 0 Å². The summed E-state index contributed by atoms with van der Waals surface area (Å²) in [4.78, 5) is 0. The fraction of sp³-hybridized carbons (Fsp3) is 0. The van der Waals surface area contributed by atoms with E-state index in [4.69, 9.17) is 0 Å². The molecule has 5 heterocycles. The van der Waals surface area contributed by atoms with Gasteiger partial charge in [-0.1, -0.05) is 121 Å². The van der Waals surface area contributed by atoms with Crippen LogP contribution in [0.25, 0.3) is 130 Å². The molecule has 0 bridgehead atoms. The minimum Gasteiger partial charge on any atom is -0.309 e. The maximum absolute atomic E-state index is 2.49. The second-order valence-corrected chi connectivity index (χ2v) is 18.4. The first-order valence-corrected chi connectivity index (χ1v) is 23.1. The van der Waals surface area contributed by atoms with Crippen LogP contribution >= 0.6 is 11.3 Å². The Morgan fingerprint density at radius 2 is 0.585 bits per heavy atom. The van der Waals surface area contributed by atoms with Crippen LogP contribution in [0.5, 0.6) is 0 Å². The van der Waals surface area contributed by atoms with Crippen molar-refractivity contribution in [3.63, 3.8) is 0 Å². The van der Waals surface area contributed by atoms with E-state index in [2.05, 4.69) is 237 Å². The summed E-state index contributed by atoms with van der Waals surface area (Å²) in [5, 5.41) is 12.6. The summed E-state index contributed by atoms with van der Waals surface area (Å²) < 4.78 is 12.3. The third-order valence-electron chi connectivity index (χ3n) is 13.9. The molecule has 0 aliphatic rings. The SMILES string of the molecule is c1cc(-n2c3ccccc3c3cc(-n4c5ccccc5c5ccccc54)ccc32)c2c(c1)sc1cc(-n3c4ccccc4c4cc(-n5c6ccccc6c6ccccc65)ccc43)ccc12. The smallest absolute Gasteiger partial charge is 0.0555 e. The summed E-state index contributed by atoms with van der Waals surface area (Å²) in [6.45, 7) is 0. The first kappa shape index (κ1) is 35.1. The largest absolute Gasteiger partial charge is 0.309 e. The van der Waals surface area contributed by atoms with Gasteiger partial charge in [-0.05, 0) is 97.1 Å². The molecular formula is C60H36N4S. The van der Waals surface area contributed by atoms with Crippen LogP contribution in [0.15, 0.2) is 218 Å². The molecule has 0 amide bonds. The normalized spacial score (nSPS) is 12.3. The average molecular weight is 845 g/mol. The van der Waals surface area contributed by atoms with Gasteiger partial charge in [-0.15, -0.1) is 11.3 Å². The molecule has 15 aromatic rings. The fourth-order valence-corrected chi connectivity index (χ4v) is 12.4. The van der Waals surface area contributed by atoms with Gasteiger partial charge in [0.1, 0.15) is 0 Å². The van der Waals surface area contributed by atoms with Crippen molar-refractivity contribution in [1.29, 1.82) is 0 Å². The standard InChI is InChI=1S/C60H36N4S/c1-7-20-49-40(14-1)41-15-2-8-21-50(41)61(49)37-29-32-55-47(34-37)44-18-5-11-24-53(44)63(55)39-28-31-46-59(36-39)65-58-27-13-26-57(60(46)58)64-54-25-12-6-19-45(54)48-35-38(30-33-56(48)64)62-51-22-9-3-16-42(51)43-17-4-10-23-52(43)62/h1-36H. The minimum atomic E-state index is 1.16. The summed E-state index contributed by atoms with van der Waals surface area (Å²) in [5.74, 6) is 0. The van der Waals surface area contributed by atoms with Gasteiger partial charge in [0.25, 0.3) is 0 Å². The molecule has 0 saturated heterocycles. The quantitative estimate of drug-likeness (QED) is 0.168. The molecule has 5 heteroatoms. The summed E-state index contributed by atoms with van der Waals surface area (Å²) in [5.41, 5.74) is 14.4. The molecule has 4 nitrogen and oxygen atoms in total. The van der Waals surface area contributed by atoms with Gasteiger partial charge in [0, 0.05) is 80.3 Å². The predicted octanol–water partition coefficient (Wildman–Crippen LogP) is 16.4. The van der Waals surface area contributed by atoms with E-state index in [1.54, 1.807) is 0 Å². The zero-order valence-electron chi connectivity index (χ0n) is 35.0. The van der Waals surface area contributed by atoms with E-state index in [9.17, 15) is 0 Å². The van der Waals surface area contributed by atoms with Crippen LogP contribution in [-0.4, -0.2) is 18.3 Å². The Hall–Kier alpha value is -8.38. The molecule has 65 heavy (non-hydrogen) atoms. The molecule has 0 fully saturated rings. The molecule has 15 rings (SSSR count). The molecule has 10 aromatic carbocycles. The van der Waals surface area contributed by atoms with Crippen molar-refractivity contribution >= 4 is 119 Å². The van der Waals surface area contributed by atoms with Crippen molar-refractivity contribution < 1.29 is 0 Å². The second kappa shape index (κ2) is 13.1. The van der Waals surface area contributed by atoms with Crippen LogP contribution in [0.1, 0.15) is 0 Å². The minimum absolute atomic E-state index is 1.16. The Morgan fingerprint density at radius 3 is 1.05 bits per heavy atom. The molecule has 0 N–H and O–H groups in total. The third-order valence-corrected chi connectivity index (χ3v) is 15.1. The number of para-hydroxylation sites is 6. The molecule has 0 saturated carbocycles. The van der Waals surface area contributed by atoms with Gasteiger partial charge in [-0.25, -0.2) is 0 Å². The lowest BCUT2D eigenvalue weighted by molar-refractivity contribution is 1.17. The first-order chi connectivity index (χ1) is 32.3. The highest BCUT2D eigenvalue weighted by molar-refractivity contribution is 7.26. The Labute approximate surface area is 376 Å². The summed E-state index contributed by atoms with van der Waals surface area (Å²) in [6, 6.07) is 80.6. The number of fused-ring (bicyclic) bond motifs is 15. The zero-order chi connectivity index (χ0) is 42.3. The summed E-state index contributed by atoms with van der Waals surface area (Å²) >= 11 is 1.88. The van der Waals surface area contributed by atoms with E-state index >= 15 is 0 Å². The lowest BCUT2D eigenvalue weighted by atomic mass is 10.1. The van der Waals surface area contributed by atoms with E-state index in [-0.39, 0.29) is 0 Å². The molecule has 5 aromatic heterocycles. The van der Waals surface area contributed by atoms with Gasteiger partial charge in [-0.3, -0.25) is 0 Å². The van der Waals surface area contributed by atoms with Crippen molar-refractivity contribution in [3.05, 3.63) is 218 Å². The molecule has 0 spiro atoms. The van der Waals surface area contributed by atoms with Crippen molar-refractivity contribution in [2.45, 2.75) is 0 Å². The summed E-state index contributed by atoms with van der Waals surface area (Å²) in [6.07, 6.45) is 0. The predicted molar refractivity (Wildman–Crippen MR) is 277 cm³/mol. The van der Waals surface area contributed by atoms with E-state index in [0.29, 0.717) is 0 Å². The Kier molecular flexibility index (Phi) is 7.07. The van der Waals surface area contributed by atoms with Crippen LogP contribution in [0.4, 0.5) is 0 Å². The van der Waals surface area contributed by atoms with Crippen LogP contribution < -0.4 is 0 Å². The van der Waals surface area contributed by atoms with Crippen LogP contribution in [0.2, 0.25) is 0 Å². The van der Waals surface area contributed by atoms with Gasteiger partial charge in [0.15, 0.2) is 0 Å². The lowest BCUT2D eigenvalue weighted by Gasteiger charge is -2.12. The number of nitrogens with zero attached hydrogens (tertiary/aromatic N) is 4. The van der Waals surface area contributed by atoms with Gasteiger partial charge in [-0.2, -0.15) is 0 Å². The number of thiophene rings is 1. The maximum Gasteiger partial charge on any atom is 0.0555 e. The van der Waals surface area contributed by atoms with E-state index in [1.807, 2.05) is 11.3 Å². The van der Waals surface area contributed by atoms with E-state index in [1.165, 1.54) is 119 Å². The Balaban J connectivity index is 0.907. The van der Waals surface area contributed by atoms with Crippen LogP contribution in [-0.2, 0) is 0 Å². The van der Waals surface area contributed by atoms with Crippen molar-refractivity contribution in [2.75, 3.05) is 0 Å². The topological polar surface area (TPSA) is 19.7 Å². The number of benzene rings is 10. The average Bonchev–Trinajstić information content (AvgIpc) is 4.16. The fourth-order valence-electron chi connectivity index (χ4n) is 11.3. The monoisotopic (exact) mass is 844 g/mol. The Bertz CT molecular complexity index is 4380. The van der Waals surface area contributed by atoms with Gasteiger partial charge in [0.05, 0.1) is 49.8 Å². The highest BCUT2D eigenvalue weighted by Crippen LogP contribution is 2.44. The van der Waals surface area contributed by atoms with Crippen molar-refractivity contribution in [1.82, 2.24) is 18.3 Å². The number of rotatable bonds is 4. The lowest BCUT2D eigenvalue weighted by Crippen LogP contribution is -1.96. The highest BCUT2D eigenvalue weighted by Gasteiger charge is 2.21. The van der Waals surface area contributed by atoms with Crippen LogP contribution in [0, 0.1) is 0 Å². The van der Waals surface area contributed by atoms with Crippen molar-refractivity contribution in [3.8, 4) is 22.7 Å². The Morgan fingerprint density at radius 1 is 0.231 bits per heavy atom. The molecule has 0 radical (unpaired) electrons. The third kappa shape index (κ3) is 4.79. The van der Waals surface area contributed by atoms with E-state index in [0.717, 1.165) is 11.4 Å². The highest BCUT2D eigenvalue weighted by atomic mass is 32.1. The molecule has 0 aliphatic heterocycles. The maximum atomic E-state index is 2.49. The molecule has 0 unspecified atom stereocenters. The molecule has 0 aliphatic carbocycles. The summed E-state index contributed by atoms with van der Waals surface area (Å²) in [7, 11) is 0. The number of hydrogen-bond donors (Lipinski definition) is 0. The first-order valence-electron chi connectivity index (χ1n) is 22.3. The molecule has 302 valence electrons. The van der Waals surface area contributed by atoms with Crippen molar-refractivity contribution in [2.24, 2.45) is 0 Å². The van der Waals surface area contributed by atoms with E-state index < -0.39 is 0 Å². The number of aromatic nitrogens is 4. The zero-order valence-corrected chi connectivity index (χ0v) is 35.8. The van der Waals surface area contributed by atoms with Crippen LogP contribution in [0.3, 0.4) is 0 Å². The number of hydrogen-bond acceptors (Lipinski definition) is 1. The van der Waals surface area contributed by atoms with Gasteiger partial charge < -0.3 is 18.3 Å². The molecule has 0 atom stereocenters. The van der Waals surface area contributed by atoms with Gasteiger partial charge >= 0.3 is 0 Å².